The number of hydroxylamine groups is 2. The number of nitrogens with zero attached hydrogens (tertiary/aromatic N) is 2. The largest absolute Gasteiger partial charge is 0.481 e. The van der Waals surface area contributed by atoms with Crippen molar-refractivity contribution in [3.63, 3.8) is 0 Å². The van der Waals surface area contributed by atoms with E-state index in [0.717, 1.165) is 17.2 Å². The molecule has 128 valence electrons. The van der Waals surface area contributed by atoms with Crippen molar-refractivity contribution in [3.8, 4) is 5.88 Å². The number of hydrogen-bond acceptors (Lipinski definition) is 4. The second kappa shape index (κ2) is 6.41. The van der Waals surface area contributed by atoms with E-state index < -0.39 is 23.7 Å². The van der Waals surface area contributed by atoms with Crippen LogP contribution in [-0.4, -0.2) is 17.2 Å². The summed E-state index contributed by atoms with van der Waals surface area (Å²) in [6.07, 6.45) is -3.74. The summed E-state index contributed by atoms with van der Waals surface area (Å²) in [6.45, 7) is 2.92. The van der Waals surface area contributed by atoms with Crippen molar-refractivity contribution in [3.05, 3.63) is 58.8 Å². The van der Waals surface area contributed by atoms with Crippen molar-refractivity contribution in [1.82, 2.24) is 10.0 Å². The van der Waals surface area contributed by atoms with Gasteiger partial charge in [0.25, 0.3) is 0 Å². The van der Waals surface area contributed by atoms with Crippen LogP contribution < -0.4 is 4.74 Å². The zero-order valence-corrected chi connectivity index (χ0v) is 13.3. The average molecular weight is 338 g/mol. The van der Waals surface area contributed by atoms with Gasteiger partial charge in [0, 0.05) is 24.8 Å². The molecule has 1 aromatic carbocycles. The van der Waals surface area contributed by atoms with Gasteiger partial charge in [-0.15, -0.1) is 0 Å². The molecule has 2 aromatic rings. The van der Waals surface area contributed by atoms with Crippen LogP contribution in [0.4, 0.5) is 13.2 Å². The molecule has 1 atom stereocenters. The van der Waals surface area contributed by atoms with E-state index in [-0.39, 0.29) is 0 Å². The summed E-state index contributed by atoms with van der Waals surface area (Å²) in [4.78, 5) is 9.56. The maximum atomic E-state index is 13.1. The fourth-order valence-corrected chi connectivity index (χ4v) is 2.72. The Balaban J connectivity index is 1.75. The first-order chi connectivity index (χ1) is 11.4. The summed E-state index contributed by atoms with van der Waals surface area (Å²) >= 11 is 0. The van der Waals surface area contributed by atoms with Crippen molar-refractivity contribution in [2.75, 3.05) is 7.11 Å². The van der Waals surface area contributed by atoms with E-state index in [4.69, 9.17) is 9.57 Å². The van der Waals surface area contributed by atoms with Crippen LogP contribution in [0.25, 0.3) is 0 Å². The minimum Gasteiger partial charge on any atom is -0.481 e. The molecule has 0 amide bonds. The van der Waals surface area contributed by atoms with Gasteiger partial charge in [-0.25, -0.2) is 4.98 Å². The van der Waals surface area contributed by atoms with Crippen LogP contribution in [-0.2, 0) is 24.1 Å². The summed E-state index contributed by atoms with van der Waals surface area (Å²) in [5.41, 5.74) is 1.77. The average Bonchev–Trinajstić information content (AvgIpc) is 2.95. The van der Waals surface area contributed by atoms with Crippen LogP contribution >= 0.6 is 0 Å². The molecule has 0 N–H and O–H groups in total. The van der Waals surface area contributed by atoms with Crippen LogP contribution in [0.5, 0.6) is 5.88 Å². The van der Waals surface area contributed by atoms with Crippen LogP contribution in [0.1, 0.15) is 35.3 Å². The quantitative estimate of drug-likeness (QED) is 0.840. The highest BCUT2D eigenvalue weighted by Crippen LogP contribution is 2.37. The zero-order valence-electron chi connectivity index (χ0n) is 13.3. The molecular formula is C17H17F3N2O2. The Labute approximate surface area is 137 Å². The number of rotatable bonds is 4. The van der Waals surface area contributed by atoms with E-state index in [1.807, 2.05) is 24.3 Å². The van der Waals surface area contributed by atoms with Gasteiger partial charge in [-0.3, -0.25) is 4.84 Å². The van der Waals surface area contributed by atoms with E-state index in [1.165, 1.54) is 13.3 Å². The molecule has 0 spiro atoms. The van der Waals surface area contributed by atoms with Gasteiger partial charge in [-0.05, 0) is 24.1 Å². The first-order valence-corrected chi connectivity index (χ1v) is 7.48. The van der Waals surface area contributed by atoms with E-state index in [1.54, 1.807) is 12.0 Å². The Kier molecular flexibility index (Phi) is 4.47. The van der Waals surface area contributed by atoms with Crippen molar-refractivity contribution >= 4 is 0 Å². The zero-order chi connectivity index (χ0) is 17.3. The van der Waals surface area contributed by atoms with Crippen LogP contribution in [0.2, 0.25) is 0 Å². The number of benzene rings is 1. The molecule has 4 nitrogen and oxygen atoms in total. The molecule has 24 heavy (non-hydrogen) atoms. The molecule has 1 aliphatic rings. The molecule has 0 aliphatic carbocycles. The van der Waals surface area contributed by atoms with Crippen molar-refractivity contribution < 1.29 is 22.7 Å². The predicted octanol–water partition coefficient (Wildman–Crippen LogP) is 4.12. The lowest BCUT2D eigenvalue weighted by molar-refractivity contribution is -0.202. The van der Waals surface area contributed by atoms with Crippen molar-refractivity contribution in [2.24, 2.45) is 0 Å². The van der Waals surface area contributed by atoms with Gasteiger partial charge in [-0.1, -0.05) is 24.3 Å². The third-order valence-electron chi connectivity index (χ3n) is 3.96. The Bertz CT molecular complexity index is 709. The minimum atomic E-state index is -4.53. The highest BCUT2D eigenvalue weighted by atomic mass is 19.4. The van der Waals surface area contributed by atoms with Crippen LogP contribution in [0.15, 0.2) is 36.5 Å². The van der Waals surface area contributed by atoms with Crippen LogP contribution in [0.3, 0.4) is 0 Å². The second-order valence-electron chi connectivity index (χ2n) is 5.64. The smallest absolute Gasteiger partial charge is 0.421 e. The molecule has 0 fully saturated rings. The Morgan fingerprint density at radius 2 is 1.79 bits per heavy atom. The lowest BCUT2D eigenvalue weighted by Crippen LogP contribution is -2.20. The lowest BCUT2D eigenvalue weighted by atomic mass is 10.1. The summed E-state index contributed by atoms with van der Waals surface area (Å²) in [5.74, 6) is -0.438. The van der Waals surface area contributed by atoms with Crippen LogP contribution in [0, 0.1) is 0 Å². The van der Waals surface area contributed by atoms with Gasteiger partial charge in [0.05, 0.1) is 7.11 Å². The number of ether oxygens (including phenoxy) is 1. The topological polar surface area (TPSA) is 34.6 Å². The fraction of sp³-hybridized carbons (Fsp3) is 0.353. The SMILES string of the molecule is COc1ncc([C@@H](C)ON2Cc3ccccc3C2)cc1C(F)(F)F. The highest BCUT2D eigenvalue weighted by Gasteiger charge is 2.36. The monoisotopic (exact) mass is 338 g/mol. The molecule has 0 saturated carbocycles. The van der Waals surface area contributed by atoms with Gasteiger partial charge in [0.2, 0.25) is 5.88 Å². The molecular weight excluding hydrogens is 321 g/mol. The fourth-order valence-electron chi connectivity index (χ4n) is 2.72. The van der Waals surface area contributed by atoms with Crippen molar-refractivity contribution in [1.29, 1.82) is 0 Å². The highest BCUT2D eigenvalue weighted by molar-refractivity contribution is 5.33. The standard InChI is InChI=1S/C17H17F3N2O2/c1-11(24-22-9-12-5-3-4-6-13(12)10-22)14-7-15(17(18,19)20)16(23-2)21-8-14/h3-8,11H,9-10H2,1-2H3/t11-/m1/s1. The summed E-state index contributed by atoms with van der Waals surface area (Å²) < 4.78 is 44.0. The van der Waals surface area contributed by atoms with Crippen molar-refractivity contribution in [2.45, 2.75) is 32.3 Å². The number of alkyl halides is 3. The number of aromatic nitrogens is 1. The lowest BCUT2D eigenvalue weighted by Gasteiger charge is -2.22. The molecule has 2 heterocycles. The summed E-state index contributed by atoms with van der Waals surface area (Å²) in [7, 11) is 1.17. The third kappa shape index (κ3) is 3.37. The predicted molar refractivity (Wildman–Crippen MR) is 81.0 cm³/mol. The maximum Gasteiger partial charge on any atom is 0.421 e. The van der Waals surface area contributed by atoms with Gasteiger partial charge in [0.15, 0.2) is 0 Å². The normalized spacial score (nSPS) is 16.0. The van der Waals surface area contributed by atoms with E-state index in [9.17, 15) is 13.2 Å². The van der Waals surface area contributed by atoms with Gasteiger partial charge >= 0.3 is 6.18 Å². The number of hydrogen-bond donors (Lipinski definition) is 0. The Morgan fingerprint density at radius 3 is 2.33 bits per heavy atom. The molecule has 7 heteroatoms. The molecule has 0 unspecified atom stereocenters. The molecule has 0 saturated heterocycles. The third-order valence-corrected chi connectivity index (χ3v) is 3.96. The second-order valence-corrected chi connectivity index (χ2v) is 5.64. The first kappa shape index (κ1) is 16.7. The van der Waals surface area contributed by atoms with E-state index in [2.05, 4.69) is 4.98 Å². The minimum absolute atomic E-state index is 0.346. The van der Waals surface area contributed by atoms with Gasteiger partial charge in [0.1, 0.15) is 11.7 Å². The molecule has 0 bridgehead atoms. The number of methoxy groups -OCH3 is 1. The van der Waals surface area contributed by atoms with E-state index in [0.29, 0.717) is 18.7 Å². The number of halogens is 3. The molecule has 3 rings (SSSR count). The Hall–Kier alpha value is -2.12. The molecule has 0 radical (unpaired) electrons. The van der Waals surface area contributed by atoms with E-state index >= 15 is 0 Å². The summed E-state index contributed by atoms with van der Waals surface area (Å²) in [5, 5.41) is 1.74. The Morgan fingerprint density at radius 1 is 1.17 bits per heavy atom. The first-order valence-electron chi connectivity index (χ1n) is 7.48. The number of pyridine rings is 1. The maximum absolute atomic E-state index is 13.1. The molecule has 1 aliphatic heterocycles. The van der Waals surface area contributed by atoms with Gasteiger partial charge in [-0.2, -0.15) is 18.2 Å². The molecule has 1 aromatic heterocycles. The van der Waals surface area contributed by atoms with Gasteiger partial charge < -0.3 is 4.74 Å². The summed E-state index contributed by atoms with van der Waals surface area (Å²) in [6, 6.07) is 8.96. The number of fused-ring (bicyclic) bond motifs is 1.